The molecule has 5 nitrogen and oxygen atoms in total. The topological polar surface area (TPSA) is 74.4 Å². The molecule has 2 aromatic heterocycles. The smallest absolute Gasteiger partial charge is 0.258 e. The number of hydrogen-bond donors (Lipinski definition) is 2. The Balaban J connectivity index is 2.30. The first-order chi connectivity index (χ1) is 8.24. The largest absolute Gasteiger partial charge is 0.310 e. The molecule has 0 saturated heterocycles. The second kappa shape index (κ2) is 3.55. The first-order valence-corrected chi connectivity index (χ1v) is 5.24. The first kappa shape index (κ1) is 9.77. The highest BCUT2D eigenvalue weighted by Crippen LogP contribution is 2.20. The van der Waals surface area contributed by atoms with E-state index in [4.69, 9.17) is 0 Å². The molecular weight excluding hydrogens is 216 g/mol. The highest BCUT2D eigenvalue weighted by atomic mass is 16.1. The van der Waals surface area contributed by atoms with Gasteiger partial charge in [0.1, 0.15) is 5.82 Å². The Morgan fingerprint density at radius 3 is 2.88 bits per heavy atom. The van der Waals surface area contributed by atoms with Crippen molar-refractivity contribution in [2.45, 2.75) is 6.92 Å². The van der Waals surface area contributed by atoms with E-state index in [1.807, 2.05) is 18.2 Å². The van der Waals surface area contributed by atoms with Gasteiger partial charge < -0.3 is 4.98 Å². The SMILES string of the molecule is Cc1nc2ccc(-c3cn[nH]c3)cc2c(=O)[nH]1. The van der Waals surface area contributed by atoms with Gasteiger partial charge in [-0.05, 0) is 24.6 Å². The van der Waals surface area contributed by atoms with Gasteiger partial charge in [-0.1, -0.05) is 6.07 Å². The van der Waals surface area contributed by atoms with Crippen molar-refractivity contribution in [3.63, 3.8) is 0 Å². The summed E-state index contributed by atoms with van der Waals surface area (Å²) in [7, 11) is 0. The zero-order valence-electron chi connectivity index (χ0n) is 9.19. The van der Waals surface area contributed by atoms with E-state index < -0.39 is 0 Å². The molecule has 3 rings (SSSR count). The number of aryl methyl sites for hydroxylation is 1. The van der Waals surface area contributed by atoms with Gasteiger partial charge >= 0.3 is 0 Å². The Hall–Kier alpha value is -2.43. The van der Waals surface area contributed by atoms with Gasteiger partial charge in [-0.3, -0.25) is 9.89 Å². The van der Waals surface area contributed by atoms with E-state index in [0.29, 0.717) is 16.7 Å². The van der Waals surface area contributed by atoms with Gasteiger partial charge in [-0.15, -0.1) is 0 Å². The third-order valence-electron chi connectivity index (χ3n) is 2.66. The second-order valence-corrected chi connectivity index (χ2v) is 3.87. The fourth-order valence-corrected chi connectivity index (χ4v) is 1.84. The summed E-state index contributed by atoms with van der Waals surface area (Å²) in [4.78, 5) is 18.8. The lowest BCUT2D eigenvalue weighted by Crippen LogP contribution is -2.09. The molecule has 5 heteroatoms. The van der Waals surface area contributed by atoms with E-state index in [9.17, 15) is 4.79 Å². The molecule has 0 fully saturated rings. The van der Waals surface area contributed by atoms with Crippen LogP contribution >= 0.6 is 0 Å². The maximum Gasteiger partial charge on any atom is 0.258 e. The summed E-state index contributed by atoms with van der Waals surface area (Å²) in [6, 6.07) is 5.60. The van der Waals surface area contributed by atoms with Crippen LogP contribution in [0.25, 0.3) is 22.0 Å². The highest BCUT2D eigenvalue weighted by Gasteiger charge is 2.04. The molecule has 84 valence electrons. The van der Waals surface area contributed by atoms with Crippen LogP contribution in [0.5, 0.6) is 0 Å². The summed E-state index contributed by atoms with van der Waals surface area (Å²) < 4.78 is 0. The Kier molecular flexibility index (Phi) is 2.04. The Morgan fingerprint density at radius 2 is 2.12 bits per heavy atom. The van der Waals surface area contributed by atoms with Crippen LogP contribution in [0.15, 0.2) is 35.4 Å². The van der Waals surface area contributed by atoms with Crippen LogP contribution in [0.3, 0.4) is 0 Å². The van der Waals surface area contributed by atoms with Crippen LogP contribution in [0.4, 0.5) is 0 Å². The maximum atomic E-state index is 11.8. The molecule has 0 radical (unpaired) electrons. The van der Waals surface area contributed by atoms with Gasteiger partial charge in [0.25, 0.3) is 5.56 Å². The number of aromatic amines is 2. The number of hydrogen-bond acceptors (Lipinski definition) is 3. The molecule has 17 heavy (non-hydrogen) atoms. The standard InChI is InChI=1S/C12H10N4O/c1-7-15-11-3-2-8(9-5-13-14-6-9)4-10(11)12(17)16-7/h2-6H,1H3,(H,13,14)(H,15,16,17). The highest BCUT2D eigenvalue weighted by molar-refractivity contribution is 5.83. The average Bonchev–Trinajstić information content (AvgIpc) is 2.82. The second-order valence-electron chi connectivity index (χ2n) is 3.87. The van der Waals surface area contributed by atoms with E-state index in [1.165, 1.54) is 0 Å². The van der Waals surface area contributed by atoms with E-state index in [-0.39, 0.29) is 5.56 Å². The monoisotopic (exact) mass is 226 g/mol. The minimum atomic E-state index is -0.113. The minimum Gasteiger partial charge on any atom is -0.310 e. The van der Waals surface area contributed by atoms with E-state index >= 15 is 0 Å². The van der Waals surface area contributed by atoms with Crippen molar-refractivity contribution in [2.75, 3.05) is 0 Å². The molecule has 0 saturated carbocycles. The summed E-state index contributed by atoms with van der Waals surface area (Å²) >= 11 is 0. The number of aromatic nitrogens is 4. The quantitative estimate of drug-likeness (QED) is 0.662. The lowest BCUT2D eigenvalue weighted by atomic mass is 10.1. The lowest BCUT2D eigenvalue weighted by molar-refractivity contribution is 1.06. The third kappa shape index (κ3) is 1.61. The van der Waals surface area contributed by atoms with Crippen molar-refractivity contribution in [3.05, 3.63) is 46.8 Å². The number of H-pyrrole nitrogens is 2. The van der Waals surface area contributed by atoms with Crippen molar-refractivity contribution in [1.82, 2.24) is 20.2 Å². The van der Waals surface area contributed by atoms with Gasteiger partial charge in [-0.2, -0.15) is 5.10 Å². The van der Waals surface area contributed by atoms with Crippen LogP contribution in [0, 0.1) is 6.92 Å². The number of fused-ring (bicyclic) bond motifs is 1. The van der Waals surface area contributed by atoms with Crippen molar-refractivity contribution in [1.29, 1.82) is 0 Å². The third-order valence-corrected chi connectivity index (χ3v) is 2.66. The molecule has 3 aromatic rings. The fraction of sp³-hybridized carbons (Fsp3) is 0.0833. The zero-order chi connectivity index (χ0) is 11.8. The molecule has 0 aliphatic carbocycles. The molecule has 2 N–H and O–H groups in total. The average molecular weight is 226 g/mol. The molecule has 0 spiro atoms. The van der Waals surface area contributed by atoms with Gasteiger partial charge in [0, 0.05) is 11.8 Å². The summed E-state index contributed by atoms with van der Waals surface area (Å²) in [5.74, 6) is 0.624. The molecular formula is C12H10N4O. The molecule has 0 aliphatic heterocycles. The fourth-order valence-electron chi connectivity index (χ4n) is 1.84. The van der Waals surface area contributed by atoms with E-state index in [1.54, 1.807) is 19.3 Å². The number of benzene rings is 1. The molecule has 0 atom stereocenters. The van der Waals surface area contributed by atoms with Crippen molar-refractivity contribution in [2.24, 2.45) is 0 Å². The predicted octanol–water partition coefficient (Wildman–Crippen LogP) is 1.62. The van der Waals surface area contributed by atoms with Gasteiger partial charge in [-0.25, -0.2) is 4.98 Å². The van der Waals surface area contributed by atoms with Gasteiger partial charge in [0.05, 0.1) is 17.1 Å². The van der Waals surface area contributed by atoms with Crippen LogP contribution < -0.4 is 5.56 Å². The van der Waals surface area contributed by atoms with Crippen LogP contribution in [0.2, 0.25) is 0 Å². The minimum absolute atomic E-state index is 0.113. The molecule has 2 heterocycles. The predicted molar refractivity (Wildman–Crippen MR) is 64.7 cm³/mol. The van der Waals surface area contributed by atoms with Crippen LogP contribution in [-0.2, 0) is 0 Å². The number of nitrogens with zero attached hydrogens (tertiary/aromatic N) is 2. The summed E-state index contributed by atoms with van der Waals surface area (Å²) in [6.45, 7) is 1.77. The Morgan fingerprint density at radius 1 is 1.24 bits per heavy atom. The molecule has 0 unspecified atom stereocenters. The van der Waals surface area contributed by atoms with E-state index in [0.717, 1.165) is 11.1 Å². The summed E-state index contributed by atoms with van der Waals surface area (Å²) in [5.41, 5.74) is 2.49. The zero-order valence-corrected chi connectivity index (χ0v) is 9.19. The molecule has 0 aliphatic rings. The molecule has 0 amide bonds. The molecule has 0 bridgehead atoms. The molecule has 1 aromatic carbocycles. The van der Waals surface area contributed by atoms with Gasteiger partial charge in [0.15, 0.2) is 0 Å². The van der Waals surface area contributed by atoms with Crippen molar-refractivity contribution >= 4 is 10.9 Å². The van der Waals surface area contributed by atoms with Crippen molar-refractivity contribution in [3.8, 4) is 11.1 Å². The lowest BCUT2D eigenvalue weighted by Gasteiger charge is -2.01. The number of rotatable bonds is 1. The Labute approximate surface area is 96.5 Å². The maximum absolute atomic E-state index is 11.8. The summed E-state index contributed by atoms with van der Waals surface area (Å²) in [6.07, 6.45) is 3.51. The van der Waals surface area contributed by atoms with Crippen molar-refractivity contribution < 1.29 is 0 Å². The first-order valence-electron chi connectivity index (χ1n) is 5.24. The van der Waals surface area contributed by atoms with E-state index in [2.05, 4.69) is 20.2 Å². The number of nitrogens with one attached hydrogen (secondary N) is 2. The van der Waals surface area contributed by atoms with Crippen LogP contribution in [0.1, 0.15) is 5.82 Å². The normalized spacial score (nSPS) is 10.9. The van der Waals surface area contributed by atoms with Gasteiger partial charge in [0.2, 0.25) is 0 Å². The van der Waals surface area contributed by atoms with Crippen LogP contribution in [-0.4, -0.2) is 20.2 Å². The Bertz CT molecular complexity index is 728. The summed E-state index contributed by atoms with van der Waals surface area (Å²) in [5, 5.41) is 7.23.